The Morgan fingerprint density at radius 1 is 1.10 bits per heavy atom. The monoisotopic (exact) mass is 291 g/mol. The normalized spacial score (nSPS) is 14.2. The van der Waals surface area contributed by atoms with Gasteiger partial charge >= 0.3 is 0 Å². The molecule has 0 radical (unpaired) electrons. The maximum absolute atomic E-state index is 12.2. The minimum Gasteiger partial charge on any atom is -0.351 e. The van der Waals surface area contributed by atoms with Crippen molar-refractivity contribution in [2.75, 3.05) is 24.7 Å². The maximum atomic E-state index is 12.2. The Bertz CT molecular complexity index is 562. The van der Waals surface area contributed by atoms with E-state index < -0.39 is 18.0 Å². The Hall–Kier alpha value is -1.72. The first-order valence-electron chi connectivity index (χ1n) is 7.20. The summed E-state index contributed by atoms with van der Waals surface area (Å²) in [5.74, 6) is -0.961. The molecule has 21 heavy (non-hydrogen) atoms. The van der Waals surface area contributed by atoms with E-state index in [1.165, 1.54) is 4.90 Å². The third-order valence-corrected chi connectivity index (χ3v) is 3.45. The summed E-state index contributed by atoms with van der Waals surface area (Å²) in [6.07, 6.45) is -0.525. The summed E-state index contributed by atoms with van der Waals surface area (Å²) in [6.45, 7) is 8.73. The molecule has 0 saturated heterocycles. The van der Waals surface area contributed by atoms with Crippen molar-refractivity contribution in [1.82, 2.24) is 0 Å². The van der Waals surface area contributed by atoms with Crippen molar-refractivity contribution in [3.63, 3.8) is 0 Å². The van der Waals surface area contributed by atoms with Crippen LogP contribution in [0.1, 0.15) is 35.3 Å². The summed E-state index contributed by atoms with van der Waals surface area (Å²) in [5, 5.41) is 0. The first kappa shape index (κ1) is 15.7. The van der Waals surface area contributed by atoms with Crippen LogP contribution in [0.25, 0.3) is 0 Å². The molecule has 0 aromatic heterocycles. The topological polar surface area (TPSA) is 55.8 Å². The van der Waals surface area contributed by atoms with Crippen LogP contribution in [0, 0.1) is 13.8 Å². The second-order valence-electron chi connectivity index (χ2n) is 5.06. The van der Waals surface area contributed by atoms with E-state index in [1.807, 2.05) is 39.8 Å². The van der Waals surface area contributed by atoms with Gasteiger partial charge in [-0.25, -0.2) is 0 Å². The predicted molar refractivity (Wildman–Crippen MR) is 79.6 cm³/mol. The van der Waals surface area contributed by atoms with E-state index in [0.717, 1.165) is 11.1 Å². The second-order valence-corrected chi connectivity index (χ2v) is 5.06. The number of fused-ring (bicyclic) bond motifs is 1. The summed E-state index contributed by atoms with van der Waals surface area (Å²) in [7, 11) is 0. The lowest BCUT2D eigenvalue weighted by Crippen LogP contribution is -2.39. The molecule has 0 N–H and O–H groups in total. The Kier molecular flexibility index (Phi) is 4.75. The van der Waals surface area contributed by atoms with Gasteiger partial charge in [0.25, 0.3) is 11.7 Å². The van der Waals surface area contributed by atoms with Gasteiger partial charge in [0, 0.05) is 13.2 Å². The molecule has 0 atom stereocenters. The van der Waals surface area contributed by atoms with E-state index in [4.69, 9.17) is 9.47 Å². The molecule has 1 aromatic carbocycles. The molecule has 5 nitrogen and oxygen atoms in total. The first-order chi connectivity index (χ1) is 9.99. The van der Waals surface area contributed by atoms with Crippen molar-refractivity contribution < 1.29 is 19.1 Å². The van der Waals surface area contributed by atoms with Gasteiger partial charge < -0.3 is 9.47 Å². The summed E-state index contributed by atoms with van der Waals surface area (Å²) in [5.41, 5.74) is 3.00. The van der Waals surface area contributed by atoms with Gasteiger partial charge in [0.05, 0.1) is 17.8 Å². The number of amides is 1. The van der Waals surface area contributed by atoms with Gasteiger partial charge in [-0.15, -0.1) is 0 Å². The molecule has 0 saturated carbocycles. The lowest BCUT2D eigenvalue weighted by Gasteiger charge is -2.24. The van der Waals surface area contributed by atoms with Gasteiger partial charge in [0.2, 0.25) is 0 Å². The Balaban J connectivity index is 2.34. The molecule has 0 aliphatic carbocycles. The third kappa shape index (κ3) is 2.99. The number of anilines is 1. The number of Topliss-reactive ketones (excluding diaryl/α,β-unsaturated/α-hetero) is 1. The molecule has 1 aromatic rings. The fraction of sp³-hybridized carbons (Fsp3) is 0.500. The highest BCUT2D eigenvalue weighted by atomic mass is 16.7. The van der Waals surface area contributed by atoms with Crippen molar-refractivity contribution in [1.29, 1.82) is 0 Å². The highest BCUT2D eigenvalue weighted by Crippen LogP contribution is 2.33. The zero-order valence-electron chi connectivity index (χ0n) is 12.9. The van der Waals surface area contributed by atoms with Crippen LogP contribution in [0.4, 0.5) is 5.69 Å². The van der Waals surface area contributed by atoms with Crippen molar-refractivity contribution in [2.24, 2.45) is 0 Å². The van der Waals surface area contributed by atoms with E-state index in [2.05, 4.69) is 0 Å². The molecular formula is C16H21NO4. The number of hydrogen-bond acceptors (Lipinski definition) is 4. The molecule has 2 rings (SSSR count). The molecular weight excluding hydrogens is 270 g/mol. The standard InChI is InChI=1S/C16H21NO4/c1-5-20-13(21-6-2)9-17-12-8-10(3)7-11(4)14(12)15(18)16(17)19/h7-8,13H,5-6,9H2,1-4H3. The number of carbonyl (C=O) groups is 2. The van der Waals surface area contributed by atoms with Crippen LogP contribution in [-0.2, 0) is 14.3 Å². The number of hydrogen-bond donors (Lipinski definition) is 0. The molecule has 0 spiro atoms. The molecule has 0 unspecified atom stereocenters. The second kappa shape index (κ2) is 6.37. The number of benzene rings is 1. The molecule has 5 heteroatoms. The van der Waals surface area contributed by atoms with Crippen molar-refractivity contribution >= 4 is 17.4 Å². The molecule has 1 amide bonds. The van der Waals surface area contributed by atoms with Crippen molar-refractivity contribution in [3.8, 4) is 0 Å². The lowest BCUT2D eigenvalue weighted by molar-refractivity contribution is -0.134. The number of ether oxygens (including phenoxy) is 2. The van der Waals surface area contributed by atoms with Gasteiger partial charge in [-0.2, -0.15) is 0 Å². The van der Waals surface area contributed by atoms with Crippen LogP contribution < -0.4 is 4.90 Å². The van der Waals surface area contributed by atoms with E-state index >= 15 is 0 Å². The zero-order valence-corrected chi connectivity index (χ0v) is 12.9. The average molecular weight is 291 g/mol. The summed E-state index contributed by atoms with van der Waals surface area (Å²) < 4.78 is 11.0. The highest BCUT2D eigenvalue weighted by molar-refractivity contribution is 6.52. The summed E-state index contributed by atoms with van der Waals surface area (Å²) in [4.78, 5) is 25.9. The van der Waals surface area contributed by atoms with Gasteiger partial charge in [-0.05, 0) is 44.9 Å². The molecule has 1 heterocycles. The maximum Gasteiger partial charge on any atom is 0.299 e. The minimum absolute atomic E-state index is 0.224. The predicted octanol–water partition coefficient (Wildman–Crippen LogP) is 2.23. The van der Waals surface area contributed by atoms with Crippen molar-refractivity contribution in [2.45, 2.75) is 34.0 Å². The fourth-order valence-corrected chi connectivity index (χ4v) is 2.65. The average Bonchev–Trinajstić information content (AvgIpc) is 2.64. The van der Waals surface area contributed by atoms with Crippen LogP contribution in [0.3, 0.4) is 0 Å². The number of aryl methyl sites for hydroxylation is 2. The SMILES string of the molecule is CCOC(CN1C(=O)C(=O)c2c(C)cc(C)cc21)OCC. The summed E-state index contributed by atoms with van der Waals surface area (Å²) >= 11 is 0. The van der Waals surface area contributed by atoms with Crippen molar-refractivity contribution in [3.05, 3.63) is 28.8 Å². The van der Waals surface area contributed by atoms with E-state index in [9.17, 15) is 9.59 Å². The van der Waals surface area contributed by atoms with E-state index in [1.54, 1.807) is 0 Å². The number of ketones is 1. The minimum atomic E-state index is -0.525. The van der Waals surface area contributed by atoms with E-state index in [-0.39, 0.29) is 6.54 Å². The Morgan fingerprint density at radius 3 is 2.29 bits per heavy atom. The van der Waals surface area contributed by atoms with Crippen LogP contribution >= 0.6 is 0 Å². The van der Waals surface area contributed by atoms with Gasteiger partial charge in [-0.1, -0.05) is 6.07 Å². The molecule has 0 fully saturated rings. The van der Waals surface area contributed by atoms with Gasteiger partial charge in [0.15, 0.2) is 6.29 Å². The highest BCUT2D eigenvalue weighted by Gasteiger charge is 2.38. The quantitative estimate of drug-likeness (QED) is 0.596. The largest absolute Gasteiger partial charge is 0.351 e. The molecule has 114 valence electrons. The lowest BCUT2D eigenvalue weighted by atomic mass is 10.0. The number of nitrogens with zero attached hydrogens (tertiary/aromatic N) is 1. The fourth-order valence-electron chi connectivity index (χ4n) is 2.65. The van der Waals surface area contributed by atoms with E-state index in [0.29, 0.717) is 24.5 Å². The third-order valence-electron chi connectivity index (χ3n) is 3.45. The first-order valence-corrected chi connectivity index (χ1v) is 7.20. The number of rotatable bonds is 6. The molecule has 0 bridgehead atoms. The van der Waals surface area contributed by atoms with Crippen LogP contribution in [0.5, 0.6) is 0 Å². The van der Waals surface area contributed by atoms with Crippen LogP contribution in [0.15, 0.2) is 12.1 Å². The molecule has 1 aliphatic heterocycles. The molecule has 1 aliphatic rings. The summed E-state index contributed by atoms with van der Waals surface area (Å²) in [6, 6.07) is 3.77. The Morgan fingerprint density at radius 2 is 1.71 bits per heavy atom. The Labute approximate surface area is 124 Å². The number of carbonyl (C=O) groups excluding carboxylic acids is 2. The van der Waals surface area contributed by atoms with Crippen LogP contribution in [0.2, 0.25) is 0 Å². The smallest absolute Gasteiger partial charge is 0.299 e. The van der Waals surface area contributed by atoms with Gasteiger partial charge in [0.1, 0.15) is 0 Å². The van der Waals surface area contributed by atoms with Gasteiger partial charge in [-0.3, -0.25) is 14.5 Å². The van der Waals surface area contributed by atoms with Crippen LogP contribution in [-0.4, -0.2) is 37.7 Å². The zero-order chi connectivity index (χ0) is 15.6.